The summed E-state index contributed by atoms with van der Waals surface area (Å²) < 4.78 is 67.0. The number of nitrogens with one attached hydrogen (secondary N) is 2. The Morgan fingerprint density at radius 3 is 2.07 bits per heavy atom. The highest BCUT2D eigenvalue weighted by atomic mass is 19.2. The van der Waals surface area contributed by atoms with Gasteiger partial charge < -0.3 is 15.5 Å². The van der Waals surface area contributed by atoms with Crippen LogP contribution in [0.2, 0.25) is 0 Å². The minimum absolute atomic E-state index is 0.0908. The number of ketones is 1. The van der Waals surface area contributed by atoms with Crippen LogP contribution in [0.15, 0.2) is 24.3 Å². The van der Waals surface area contributed by atoms with Gasteiger partial charge in [0.1, 0.15) is 5.69 Å². The molecule has 0 bridgehead atoms. The summed E-state index contributed by atoms with van der Waals surface area (Å²) in [6.45, 7) is 1.58. The van der Waals surface area contributed by atoms with Gasteiger partial charge in [-0.3, -0.25) is 4.79 Å². The summed E-state index contributed by atoms with van der Waals surface area (Å²) in [6, 6.07) is 4.66. The fourth-order valence-corrected chi connectivity index (χ4v) is 3.25. The summed E-state index contributed by atoms with van der Waals surface area (Å²) in [7, 11) is 1.97. The molecule has 2 aromatic carbocycles. The maximum Gasteiger partial charge on any atom is 0.323 e. The van der Waals surface area contributed by atoms with Gasteiger partial charge >= 0.3 is 6.03 Å². The molecule has 1 aliphatic rings. The van der Waals surface area contributed by atoms with Crippen molar-refractivity contribution in [2.75, 3.05) is 30.8 Å². The van der Waals surface area contributed by atoms with Gasteiger partial charge in [-0.2, -0.15) is 0 Å². The van der Waals surface area contributed by atoms with Crippen molar-refractivity contribution in [1.82, 2.24) is 4.90 Å². The van der Waals surface area contributed by atoms with Crippen LogP contribution in [-0.4, -0.2) is 36.9 Å². The van der Waals surface area contributed by atoms with E-state index in [1.807, 2.05) is 7.05 Å². The van der Waals surface area contributed by atoms with Gasteiger partial charge in [0.25, 0.3) is 0 Å². The molecule has 2 aromatic rings. The molecule has 1 heterocycles. The molecule has 2 amide bonds. The molecule has 1 fully saturated rings. The van der Waals surface area contributed by atoms with Crippen LogP contribution in [0.1, 0.15) is 23.2 Å². The number of urea groups is 1. The summed E-state index contributed by atoms with van der Waals surface area (Å²) in [5.41, 5.74) is -1.00. The van der Waals surface area contributed by atoms with E-state index in [0.29, 0.717) is 18.4 Å². The minimum Gasteiger partial charge on any atom is -0.308 e. The topological polar surface area (TPSA) is 61.4 Å². The molecular weight excluding hydrogens is 409 g/mol. The second-order valence-corrected chi connectivity index (χ2v) is 7.05. The van der Waals surface area contributed by atoms with Gasteiger partial charge in [-0.15, -0.1) is 0 Å². The fraction of sp³-hybridized carbons (Fsp3) is 0.300. The van der Waals surface area contributed by atoms with Gasteiger partial charge in [0, 0.05) is 17.2 Å². The van der Waals surface area contributed by atoms with Gasteiger partial charge in [0.05, 0.1) is 0 Å². The molecule has 0 radical (unpaired) electrons. The quantitative estimate of drug-likeness (QED) is 0.326. The smallest absolute Gasteiger partial charge is 0.308 e. The molecule has 0 spiro atoms. The average Bonchev–Trinajstić information content (AvgIpc) is 2.74. The Kier molecular flexibility index (Phi) is 6.35. The van der Waals surface area contributed by atoms with Gasteiger partial charge in [-0.1, -0.05) is 12.1 Å². The van der Waals surface area contributed by atoms with E-state index in [4.69, 9.17) is 0 Å². The Morgan fingerprint density at radius 2 is 1.47 bits per heavy atom. The molecule has 2 N–H and O–H groups in total. The molecular formula is C20H18F5N3O2. The molecule has 160 valence electrons. The number of rotatable bonds is 4. The third kappa shape index (κ3) is 4.43. The summed E-state index contributed by atoms with van der Waals surface area (Å²) in [5.74, 6) is -11.2. The highest BCUT2D eigenvalue weighted by molar-refractivity contribution is 6.02. The van der Waals surface area contributed by atoms with Crippen molar-refractivity contribution in [1.29, 1.82) is 0 Å². The molecule has 30 heavy (non-hydrogen) atoms. The molecule has 0 aromatic heterocycles. The second-order valence-electron chi connectivity index (χ2n) is 7.05. The number of hydrogen-bond acceptors (Lipinski definition) is 3. The lowest BCUT2D eigenvalue weighted by molar-refractivity contribution is 0.0857. The first-order valence-electron chi connectivity index (χ1n) is 9.11. The number of hydrogen-bond donors (Lipinski definition) is 2. The number of piperidine rings is 1. The maximum absolute atomic E-state index is 13.7. The number of benzene rings is 2. The first-order chi connectivity index (χ1) is 14.2. The van der Waals surface area contributed by atoms with Crippen molar-refractivity contribution in [3.63, 3.8) is 0 Å². The number of likely N-dealkylation sites (tertiary alicyclic amines) is 1. The van der Waals surface area contributed by atoms with Crippen LogP contribution in [-0.2, 0) is 0 Å². The highest BCUT2D eigenvalue weighted by Gasteiger charge is 2.27. The van der Waals surface area contributed by atoms with E-state index in [9.17, 15) is 31.5 Å². The SMILES string of the molecule is CN1CCC(C(=O)c2cccc(NC(=O)Nc3c(F)c(F)c(F)c(F)c3F)c2)CC1. The van der Waals surface area contributed by atoms with Crippen molar-refractivity contribution in [3.8, 4) is 0 Å². The molecule has 1 aliphatic heterocycles. The van der Waals surface area contributed by atoms with E-state index in [1.54, 1.807) is 11.4 Å². The largest absolute Gasteiger partial charge is 0.323 e. The van der Waals surface area contributed by atoms with E-state index in [0.717, 1.165) is 13.1 Å². The van der Waals surface area contributed by atoms with Crippen molar-refractivity contribution in [2.24, 2.45) is 5.92 Å². The Morgan fingerprint density at radius 1 is 0.900 bits per heavy atom. The Balaban J connectivity index is 1.73. The lowest BCUT2D eigenvalue weighted by Crippen LogP contribution is -2.33. The van der Waals surface area contributed by atoms with E-state index in [2.05, 4.69) is 10.2 Å². The minimum atomic E-state index is -2.32. The first kappa shape index (κ1) is 21.7. The standard InChI is InChI=1S/C20H18F5N3O2/c1-28-7-5-10(6-8-28)19(29)11-3-2-4-12(9-11)26-20(30)27-18-16(24)14(22)13(21)15(23)17(18)25/h2-4,9-10H,5-8H2,1H3,(H2,26,27,30). The third-order valence-corrected chi connectivity index (χ3v) is 4.94. The lowest BCUT2D eigenvalue weighted by atomic mass is 9.89. The summed E-state index contributed by atoms with van der Waals surface area (Å²) >= 11 is 0. The zero-order valence-corrected chi connectivity index (χ0v) is 15.9. The Labute approximate surface area is 168 Å². The van der Waals surface area contributed by atoms with E-state index in [-0.39, 0.29) is 17.4 Å². The van der Waals surface area contributed by atoms with Gasteiger partial charge in [0.2, 0.25) is 5.82 Å². The predicted molar refractivity (Wildman–Crippen MR) is 99.9 cm³/mol. The molecule has 10 heteroatoms. The van der Waals surface area contributed by atoms with Crippen LogP contribution in [0, 0.1) is 35.0 Å². The molecule has 3 rings (SSSR count). The summed E-state index contributed by atoms with van der Waals surface area (Å²) in [4.78, 5) is 26.8. The molecule has 1 saturated heterocycles. The highest BCUT2D eigenvalue weighted by Crippen LogP contribution is 2.27. The molecule has 5 nitrogen and oxygen atoms in total. The van der Waals surface area contributed by atoms with Crippen LogP contribution in [0.25, 0.3) is 0 Å². The van der Waals surface area contributed by atoms with Crippen molar-refractivity contribution in [2.45, 2.75) is 12.8 Å². The number of anilines is 2. The molecule has 0 unspecified atom stereocenters. The Bertz CT molecular complexity index is 962. The number of carbonyl (C=O) groups is 2. The monoisotopic (exact) mass is 427 g/mol. The van der Waals surface area contributed by atoms with Gasteiger partial charge in [-0.25, -0.2) is 26.7 Å². The van der Waals surface area contributed by atoms with Crippen LogP contribution in [0.3, 0.4) is 0 Å². The van der Waals surface area contributed by atoms with Crippen LogP contribution < -0.4 is 10.6 Å². The van der Waals surface area contributed by atoms with E-state index in [1.165, 1.54) is 18.2 Å². The fourth-order valence-electron chi connectivity index (χ4n) is 3.25. The number of Topliss-reactive ketones (excluding diaryl/α,β-unsaturated/α-hetero) is 1. The molecule has 0 saturated carbocycles. The second kappa shape index (κ2) is 8.78. The van der Waals surface area contributed by atoms with Crippen molar-refractivity contribution in [3.05, 3.63) is 58.9 Å². The zero-order valence-electron chi connectivity index (χ0n) is 15.9. The summed E-state index contributed by atoms with van der Waals surface area (Å²) in [5, 5.41) is 3.84. The Hall–Kier alpha value is -3.01. The van der Waals surface area contributed by atoms with Gasteiger partial charge in [0.15, 0.2) is 29.1 Å². The number of amides is 2. The first-order valence-corrected chi connectivity index (χ1v) is 9.11. The zero-order chi connectivity index (χ0) is 22.0. The van der Waals surface area contributed by atoms with E-state index >= 15 is 0 Å². The van der Waals surface area contributed by atoms with Crippen LogP contribution in [0.4, 0.5) is 38.1 Å². The summed E-state index contributed by atoms with van der Waals surface area (Å²) in [6.07, 6.45) is 1.40. The van der Waals surface area contributed by atoms with E-state index < -0.39 is 40.8 Å². The normalized spacial score (nSPS) is 15.1. The number of nitrogens with zero attached hydrogens (tertiary/aromatic N) is 1. The predicted octanol–water partition coefficient (Wildman–Crippen LogP) is 4.55. The molecule has 0 atom stereocenters. The van der Waals surface area contributed by atoms with Crippen LogP contribution >= 0.6 is 0 Å². The van der Waals surface area contributed by atoms with Crippen LogP contribution in [0.5, 0.6) is 0 Å². The number of carbonyl (C=O) groups excluding carboxylic acids is 2. The van der Waals surface area contributed by atoms with Crippen molar-refractivity contribution >= 4 is 23.2 Å². The average molecular weight is 427 g/mol. The number of halogens is 5. The third-order valence-electron chi connectivity index (χ3n) is 4.94. The van der Waals surface area contributed by atoms with Crippen molar-refractivity contribution < 1.29 is 31.5 Å². The van der Waals surface area contributed by atoms with Gasteiger partial charge in [-0.05, 0) is 45.1 Å². The lowest BCUT2D eigenvalue weighted by Gasteiger charge is -2.28. The molecule has 0 aliphatic carbocycles. The maximum atomic E-state index is 13.7.